The third-order valence-electron chi connectivity index (χ3n) is 4.42. The van der Waals surface area contributed by atoms with Crippen molar-refractivity contribution in [2.45, 2.75) is 51.9 Å². The van der Waals surface area contributed by atoms with E-state index < -0.39 is 4.92 Å². The van der Waals surface area contributed by atoms with Gasteiger partial charge in [-0.1, -0.05) is 38.2 Å². The van der Waals surface area contributed by atoms with E-state index in [9.17, 15) is 14.9 Å². The SMILES string of the molecule is Cc1ccc(NC(=S)NC(=O)CCC2CCCCC2)cc1[N+](=O)[O-]. The van der Waals surface area contributed by atoms with Crippen LogP contribution < -0.4 is 10.6 Å². The number of carbonyl (C=O) groups is 1. The van der Waals surface area contributed by atoms with Crippen LogP contribution >= 0.6 is 12.2 Å². The number of carbonyl (C=O) groups excluding carboxylic acids is 1. The van der Waals surface area contributed by atoms with Gasteiger partial charge in [0, 0.05) is 23.7 Å². The van der Waals surface area contributed by atoms with Gasteiger partial charge in [0.2, 0.25) is 5.91 Å². The minimum Gasteiger partial charge on any atom is -0.332 e. The topological polar surface area (TPSA) is 84.3 Å². The van der Waals surface area contributed by atoms with Crippen LogP contribution in [0.15, 0.2) is 18.2 Å². The molecule has 1 fully saturated rings. The van der Waals surface area contributed by atoms with E-state index in [-0.39, 0.29) is 16.7 Å². The zero-order chi connectivity index (χ0) is 17.5. The Hall–Kier alpha value is -2.02. The van der Waals surface area contributed by atoms with Crippen molar-refractivity contribution in [2.75, 3.05) is 5.32 Å². The quantitative estimate of drug-likeness (QED) is 0.475. The van der Waals surface area contributed by atoms with Crippen LogP contribution in [0.4, 0.5) is 11.4 Å². The fraction of sp³-hybridized carbons (Fsp3) is 0.529. The summed E-state index contributed by atoms with van der Waals surface area (Å²) >= 11 is 5.11. The molecule has 24 heavy (non-hydrogen) atoms. The van der Waals surface area contributed by atoms with Crippen molar-refractivity contribution in [1.82, 2.24) is 5.32 Å². The molecule has 0 atom stereocenters. The Bertz CT molecular complexity index is 628. The number of nitro benzene ring substituents is 1. The van der Waals surface area contributed by atoms with Gasteiger partial charge in [0.25, 0.3) is 5.69 Å². The number of aryl methyl sites for hydroxylation is 1. The zero-order valence-corrected chi connectivity index (χ0v) is 14.7. The number of anilines is 1. The van der Waals surface area contributed by atoms with Gasteiger partial charge in [0.15, 0.2) is 5.11 Å². The summed E-state index contributed by atoms with van der Waals surface area (Å²) in [5.74, 6) is 0.533. The third kappa shape index (κ3) is 5.56. The Morgan fingerprint density at radius 1 is 1.33 bits per heavy atom. The molecule has 2 rings (SSSR count). The number of hydrogen-bond acceptors (Lipinski definition) is 4. The van der Waals surface area contributed by atoms with E-state index in [1.807, 2.05) is 0 Å². The molecule has 0 aromatic heterocycles. The molecule has 1 saturated carbocycles. The molecule has 0 spiro atoms. The highest BCUT2D eigenvalue weighted by atomic mass is 32.1. The molecule has 0 unspecified atom stereocenters. The molecule has 1 amide bonds. The second kappa shape index (κ2) is 8.73. The van der Waals surface area contributed by atoms with Gasteiger partial charge in [-0.3, -0.25) is 14.9 Å². The maximum absolute atomic E-state index is 12.0. The van der Waals surface area contributed by atoms with Gasteiger partial charge in [-0.25, -0.2) is 0 Å². The number of rotatable bonds is 5. The highest BCUT2D eigenvalue weighted by Crippen LogP contribution is 2.27. The molecule has 1 aromatic carbocycles. The predicted octanol–water partition coefficient (Wildman–Crippen LogP) is 4.08. The van der Waals surface area contributed by atoms with Gasteiger partial charge >= 0.3 is 0 Å². The first-order valence-corrected chi connectivity index (χ1v) is 8.72. The Kier molecular flexibility index (Phi) is 6.66. The number of nitrogens with zero attached hydrogens (tertiary/aromatic N) is 1. The minimum absolute atomic E-state index is 0.0198. The van der Waals surface area contributed by atoms with Crippen LogP contribution in [0.1, 0.15) is 50.5 Å². The average Bonchev–Trinajstić information content (AvgIpc) is 2.55. The van der Waals surface area contributed by atoms with Crippen LogP contribution in [0, 0.1) is 23.0 Å². The molecular formula is C17H23N3O3S. The lowest BCUT2D eigenvalue weighted by atomic mass is 9.86. The first-order valence-electron chi connectivity index (χ1n) is 8.31. The normalized spacial score (nSPS) is 14.9. The fourth-order valence-electron chi connectivity index (χ4n) is 3.05. The molecule has 0 aliphatic heterocycles. The van der Waals surface area contributed by atoms with Gasteiger partial charge in [0.1, 0.15) is 0 Å². The first-order chi connectivity index (χ1) is 11.5. The molecule has 0 heterocycles. The van der Waals surface area contributed by atoms with Crippen molar-refractivity contribution in [1.29, 1.82) is 0 Å². The first kappa shape index (κ1) is 18.3. The second-order valence-corrected chi connectivity index (χ2v) is 6.71. The highest BCUT2D eigenvalue weighted by Gasteiger charge is 2.16. The van der Waals surface area contributed by atoms with Gasteiger partial charge in [-0.05, 0) is 37.5 Å². The van der Waals surface area contributed by atoms with E-state index in [0.717, 1.165) is 6.42 Å². The monoisotopic (exact) mass is 349 g/mol. The van der Waals surface area contributed by atoms with E-state index >= 15 is 0 Å². The summed E-state index contributed by atoms with van der Waals surface area (Å²) in [4.78, 5) is 22.5. The summed E-state index contributed by atoms with van der Waals surface area (Å²) in [6.07, 6.45) is 7.60. The molecule has 1 aliphatic carbocycles. The van der Waals surface area contributed by atoms with Crippen molar-refractivity contribution in [3.63, 3.8) is 0 Å². The number of nitro groups is 1. The average molecular weight is 349 g/mol. The highest BCUT2D eigenvalue weighted by molar-refractivity contribution is 7.80. The van der Waals surface area contributed by atoms with Gasteiger partial charge in [-0.15, -0.1) is 0 Å². The number of thiocarbonyl (C=S) groups is 1. The molecule has 2 N–H and O–H groups in total. The molecule has 0 saturated heterocycles. The Morgan fingerprint density at radius 2 is 2.04 bits per heavy atom. The lowest BCUT2D eigenvalue weighted by molar-refractivity contribution is -0.385. The van der Waals surface area contributed by atoms with Crippen LogP contribution in [-0.4, -0.2) is 15.9 Å². The lowest BCUT2D eigenvalue weighted by Crippen LogP contribution is -2.34. The second-order valence-electron chi connectivity index (χ2n) is 6.30. The summed E-state index contributed by atoms with van der Waals surface area (Å²) in [6, 6.07) is 4.76. The molecular weight excluding hydrogens is 326 g/mol. The van der Waals surface area contributed by atoms with Crippen molar-refractivity contribution in [2.24, 2.45) is 5.92 Å². The molecule has 1 aromatic rings. The molecule has 0 radical (unpaired) electrons. The smallest absolute Gasteiger partial charge is 0.274 e. The molecule has 7 heteroatoms. The zero-order valence-electron chi connectivity index (χ0n) is 13.8. The molecule has 6 nitrogen and oxygen atoms in total. The van der Waals surface area contributed by atoms with Crippen LogP contribution in [0.5, 0.6) is 0 Å². The molecule has 130 valence electrons. The van der Waals surface area contributed by atoms with Crippen LogP contribution in [-0.2, 0) is 4.79 Å². The van der Waals surface area contributed by atoms with E-state index in [0.29, 0.717) is 23.6 Å². The van der Waals surface area contributed by atoms with Crippen LogP contribution in [0.2, 0.25) is 0 Å². The number of benzene rings is 1. The maximum Gasteiger partial charge on any atom is 0.274 e. The summed E-state index contributed by atoms with van der Waals surface area (Å²) in [5.41, 5.74) is 1.09. The van der Waals surface area contributed by atoms with E-state index in [1.54, 1.807) is 19.1 Å². The molecule has 1 aliphatic rings. The standard InChI is InChI=1S/C17H23N3O3S/c1-12-7-9-14(11-15(12)20(22)23)18-17(24)19-16(21)10-8-13-5-3-2-4-6-13/h7,9,11,13H,2-6,8,10H2,1H3,(H2,18,19,21,24). The fourth-order valence-corrected chi connectivity index (χ4v) is 3.28. The number of nitrogens with one attached hydrogen (secondary N) is 2. The third-order valence-corrected chi connectivity index (χ3v) is 4.63. The van der Waals surface area contributed by atoms with E-state index in [4.69, 9.17) is 12.2 Å². The van der Waals surface area contributed by atoms with Gasteiger partial charge in [0.05, 0.1) is 4.92 Å². The van der Waals surface area contributed by atoms with Gasteiger partial charge < -0.3 is 10.6 Å². The Balaban J connectivity index is 1.80. The van der Waals surface area contributed by atoms with Crippen LogP contribution in [0.25, 0.3) is 0 Å². The van der Waals surface area contributed by atoms with Crippen molar-refractivity contribution < 1.29 is 9.72 Å². The van der Waals surface area contributed by atoms with E-state index in [2.05, 4.69) is 10.6 Å². The number of amides is 1. The largest absolute Gasteiger partial charge is 0.332 e. The minimum atomic E-state index is -0.438. The Labute approximate surface area is 147 Å². The van der Waals surface area contributed by atoms with Gasteiger partial charge in [-0.2, -0.15) is 0 Å². The van der Waals surface area contributed by atoms with Crippen molar-refractivity contribution in [3.8, 4) is 0 Å². The summed E-state index contributed by atoms with van der Waals surface area (Å²) in [6.45, 7) is 1.67. The summed E-state index contributed by atoms with van der Waals surface area (Å²) < 4.78 is 0. The summed E-state index contributed by atoms with van der Waals surface area (Å²) in [5, 5.41) is 16.6. The van der Waals surface area contributed by atoms with Crippen molar-refractivity contribution in [3.05, 3.63) is 33.9 Å². The Morgan fingerprint density at radius 3 is 2.71 bits per heavy atom. The lowest BCUT2D eigenvalue weighted by Gasteiger charge is -2.21. The number of hydrogen-bond donors (Lipinski definition) is 2. The maximum atomic E-state index is 12.0. The van der Waals surface area contributed by atoms with Crippen molar-refractivity contribution >= 4 is 34.6 Å². The van der Waals surface area contributed by atoms with E-state index in [1.165, 1.54) is 38.2 Å². The van der Waals surface area contributed by atoms with Crippen LogP contribution in [0.3, 0.4) is 0 Å². The summed E-state index contributed by atoms with van der Waals surface area (Å²) in [7, 11) is 0. The predicted molar refractivity (Wildman–Crippen MR) is 98.0 cm³/mol. The molecule has 0 bridgehead atoms.